The van der Waals surface area contributed by atoms with Crippen LogP contribution in [0.5, 0.6) is 0 Å². The Kier molecular flexibility index (Phi) is 10.2. The maximum Gasteiger partial charge on any atom is 0.227 e. The average Bonchev–Trinajstić information content (AvgIpc) is 3.71. The molecule has 0 aliphatic heterocycles. The monoisotopic (exact) mass is 589 g/mol. The van der Waals surface area contributed by atoms with E-state index < -0.39 is 0 Å². The molecule has 45 heavy (non-hydrogen) atoms. The Morgan fingerprint density at radius 1 is 0.533 bits per heavy atom. The summed E-state index contributed by atoms with van der Waals surface area (Å²) in [6.07, 6.45) is 8.00. The highest BCUT2D eigenvalue weighted by Crippen LogP contribution is 2.36. The molecular formula is C41H39N3O. The molecule has 4 heteroatoms. The van der Waals surface area contributed by atoms with Crippen molar-refractivity contribution in [1.82, 2.24) is 14.5 Å². The highest BCUT2D eigenvalue weighted by molar-refractivity contribution is 5.86. The number of aryl methyl sites for hydroxylation is 1. The van der Waals surface area contributed by atoms with E-state index >= 15 is 0 Å². The molecule has 0 atom stereocenters. The van der Waals surface area contributed by atoms with Crippen LogP contribution in [-0.2, 0) is 0 Å². The zero-order valence-electron chi connectivity index (χ0n) is 26.6. The second-order valence-corrected chi connectivity index (χ2v) is 10.6. The van der Waals surface area contributed by atoms with E-state index in [0.717, 1.165) is 55.9 Å². The van der Waals surface area contributed by atoms with Gasteiger partial charge in [0, 0.05) is 16.8 Å². The number of oxazole rings is 1. The Bertz CT molecular complexity index is 1990. The van der Waals surface area contributed by atoms with E-state index in [9.17, 15) is 0 Å². The van der Waals surface area contributed by atoms with E-state index in [0.29, 0.717) is 5.89 Å². The van der Waals surface area contributed by atoms with Gasteiger partial charge < -0.3 is 4.42 Å². The van der Waals surface area contributed by atoms with Crippen molar-refractivity contribution in [3.63, 3.8) is 0 Å². The van der Waals surface area contributed by atoms with Gasteiger partial charge in [-0.3, -0.25) is 4.57 Å². The lowest BCUT2D eigenvalue weighted by molar-refractivity contribution is 0.620. The second kappa shape index (κ2) is 14.8. The quantitative estimate of drug-likeness (QED) is 0.192. The van der Waals surface area contributed by atoms with Crippen LogP contribution >= 0.6 is 0 Å². The fourth-order valence-corrected chi connectivity index (χ4v) is 4.85. The molecule has 0 fully saturated rings. The summed E-state index contributed by atoms with van der Waals surface area (Å²) in [4.78, 5) is 9.89. The highest BCUT2D eigenvalue weighted by Gasteiger charge is 2.18. The summed E-state index contributed by atoms with van der Waals surface area (Å²) in [7, 11) is 0. The lowest BCUT2D eigenvalue weighted by atomic mass is 9.98. The first-order valence-corrected chi connectivity index (χ1v) is 15.3. The van der Waals surface area contributed by atoms with Crippen molar-refractivity contribution < 1.29 is 4.42 Å². The summed E-state index contributed by atoms with van der Waals surface area (Å²) in [6, 6.07) is 41.6. The summed E-state index contributed by atoms with van der Waals surface area (Å²) >= 11 is 0. The van der Waals surface area contributed by atoms with Crippen LogP contribution in [0.1, 0.15) is 33.3 Å². The van der Waals surface area contributed by atoms with Gasteiger partial charge in [-0.25, -0.2) is 9.97 Å². The summed E-state index contributed by atoms with van der Waals surface area (Å²) in [5.74, 6) is 1.47. The van der Waals surface area contributed by atoms with Gasteiger partial charge in [0.05, 0.1) is 11.0 Å². The van der Waals surface area contributed by atoms with Crippen LogP contribution in [0.25, 0.3) is 61.8 Å². The number of imidazole rings is 1. The van der Waals surface area contributed by atoms with Crippen molar-refractivity contribution in [1.29, 1.82) is 0 Å². The van der Waals surface area contributed by atoms with E-state index in [1.807, 2.05) is 88.4 Å². The van der Waals surface area contributed by atoms with Gasteiger partial charge >= 0.3 is 0 Å². The number of para-hydroxylation sites is 5. The van der Waals surface area contributed by atoms with Gasteiger partial charge in [-0.05, 0) is 100 Å². The lowest BCUT2D eigenvalue weighted by Gasteiger charge is -2.12. The number of aromatic nitrogens is 3. The summed E-state index contributed by atoms with van der Waals surface area (Å²) in [5.41, 5.74) is 10.0. The number of fused-ring (bicyclic) bond motifs is 2. The maximum atomic E-state index is 6.19. The van der Waals surface area contributed by atoms with Gasteiger partial charge in [-0.15, -0.1) is 0 Å². The van der Waals surface area contributed by atoms with Crippen LogP contribution < -0.4 is 0 Å². The number of allylic oxidation sites excluding steroid dienone is 4. The smallest absolute Gasteiger partial charge is 0.227 e. The molecule has 0 amide bonds. The van der Waals surface area contributed by atoms with Crippen molar-refractivity contribution in [3.8, 4) is 39.7 Å². The zero-order chi connectivity index (χ0) is 31.6. The molecule has 0 saturated carbocycles. The van der Waals surface area contributed by atoms with Crippen LogP contribution in [0.3, 0.4) is 0 Å². The van der Waals surface area contributed by atoms with Gasteiger partial charge in [0.15, 0.2) is 5.58 Å². The Morgan fingerprint density at radius 3 is 1.78 bits per heavy atom. The molecule has 4 nitrogen and oxygen atoms in total. The summed E-state index contributed by atoms with van der Waals surface area (Å²) < 4.78 is 8.41. The SMILES string of the molecule is C/C=C\C.C/C=C\C.Cc1ccc(-c2cc(-c3nc4ccccc4o3)cc(-c3nc4ccccc4n3-c3ccccc3)c2)cc1. The second-order valence-electron chi connectivity index (χ2n) is 10.6. The number of hydrogen-bond donors (Lipinski definition) is 0. The normalized spacial score (nSPS) is 11.0. The minimum absolute atomic E-state index is 0.596. The first-order valence-electron chi connectivity index (χ1n) is 15.3. The van der Waals surface area contributed by atoms with E-state index in [1.165, 1.54) is 5.56 Å². The standard InChI is InChI=1S/C33H23N3O.2C4H8/c1-22-15-17-23(18-16-22)24-19-25(21-26(20-24)33-35-29-12-6-8-14-31(29)37-33)32-34-28-11-5-7-13-30(28)36(32)27-9-3-2-4-10-27;2*1-3-4-2/h2-21H,1H3;2*3-4H,1-2H3/b;2*4-3-. The molecule has 7 aromatic rings. The van der Waals surface area contributed by atoms with Crippen LogP contribution in [0, 0.1) is 6.92 Å². The molecule has 0 radical (unpaired) electrons. The zero-order valence-corrected chi connectivity index (χ0v) is 26.6. The van der Waals surface area contributed by atoms with Gasteiger partial charge in [-0.1, -0.05) is 96.6 Å². The van der Waals surface area contributed by atoms with Crippen LogP contribution in [0.2, 0.25) is 0 Å². The predicted octanol–water partition coefficient (Wildman–Crippen LogP) is 11.6. The molecule has 0 spiro atoms. The lowest BCUT2D eigenvalue weighted by Crippen LogP contribution is -1.98. The number of hydrogen-bond acceptors (Lipinski definition) is 3. The van der Waals surface area contributed by atoms with Gasteiger partial charge in [0.2, 0.25) is 5.89 Å². The predicted molar refractivity (Wildman–Crippen MR) is 191 cm³/mol. The third-order valence-corrected chi connectivity index (χ3v) is 7.36. The third-order valence-electron chi connectivity index (χ3n) is 7.36. The molecule has 2 heterocycles. The van der Waals surface area contributed by atoms with Crippen molar-refractivity contribution in [2.45, 2.75) is 34.6 Å². The van der Waals surface area contributed by atoms with Crippen molar-refractivity contribution >= 4 is 22.1 Å². The fraction of sp³-hybridized carbons (Fsp3) is 0.122. The van der Waals surface area contributed by atoms with Crippen molar-refractivity contribution in [2.24, 2.45) is 0 Å². The van der Waals surface area contributed by atoms with Crippen molar-refractivity contribution in [2.75, 3.05) is 0 Å². The molecule has 0 unspecified atom stereocenters. The Labute approximate surface area is 266 Å². The van der Waals surface area contributed by atoms with E-state index in [1.54, 1.807) is 0 Å². The molecule has 0 saturated heterocycles. The first-order chi connectivity index (χ1) is 22.1. The Hall–Kier alpha value is -5.48. The van der Waals surface area contributed by atoms with E-state index in [4.69, 9.17) is 14.4 Å². The Balaban J connectivity index is 0.000000451. The number of nitrogens with zero attached hydrogens (tertiary/aromatic N) is 3. The molecular weight excluding hydrogens is 550 g/mol. The third kappa shape index (κ3) is 7.19. The topological polar surface area (TPSA) is 43.9 Å². The fourth-order valence-electron chi connectivity index (χ4n) is 4.85. The van der Waals surface area contributed by atoms with E-state index in [-0.39, 0.29) is 0 Å². The summed E-state index contributed by atoms with van der Waals surface area (Å²) in [5, 5.41) is 0. The molecule has 0 N–H and O–H groups in total. The Morgan fingerprint density at radius 2 is 1.11 bits per heavy atom. The maximum absolute atomic E-state index is 6.19. The van der Waals surface area contributed by atoms with Crippen molar-refractivity contribution in [3.05, 3.63) is 151 Å². The first kappa shape index (κ1) is 31.0. The van der Waals surface area contributed by atoms with Gasteiger partial charge in [0.1, 0.15) is 11.3 Å². The van der Waals surface area contributed by atoms with Crippen LogP contribution in [0.4, 0.5) is 0 Å². The van der Waals surface area contributed by atoms with Gasteiger partial charge in [-0.2, -0.15) is 0 Å². The minimum Gasteiger partial charge on any atom is -0.436 e. The summed E-state index contributed by atoms with van der Waals surface area (Å²) in [6.45, 7) is 10.1. The van der Waals surface area contributed by atoms with E-state index in [2.05, 4.69) is 96.4 Å². The average molecular weight is 590 g/mol. The number of benzene rings is 5. The molecule has 0 bridgehead atoms. The molecule has 2 aromatic heterocycles. The molecule has 0 aliphatic carbocycles. The highest BCUT2D eigenvalue weighted by atomic mass is 16.3. The van der Waals surface area contributed by atoms with Gasteiger partial charge in [0.25, 0.3) is 0 Å². The van der Waals surface area contributed by atoms with Crippen LogP contribution in [-0.4, -0.2) is 14.5 Å². The minimum atomic E-state index is 0.596. The molecule has 5 aromatic carbocycles. The molecule has 224 valence electrons. The largest absolute Gasteiger partial charge is 0.436 e. The number of rotatable bonds is 4. The van der Waals surface area contributed by atoms with Crippen LogP contribution in [0.15, 0.2) is 150 Å². The molecule has 7 rings (SSSR count). The molecule has 0 aliphatic rings.